The summed E-state index contributed by atoms with van der Waals surface area (Å²) in [6.45, 7) is 0. The van der Waals surface area contributed by atoms with Gasteiger partial charge >= 0.3 is 11.9 Å². The van der Waals surface area contributed by atoms with Crippen LogP contribution in [0.4, 0.5) is 0 Å². The zero-order valence-corrected chi connectivity index (χ0v) is 9.51. The maximum absolute atomic E-state index is 11.4. The number of benzene rings is 1. The molecule has 0 amide bonds. The third-order valence-electron chi connectivity index (χ3n) is 2.34. The standard InChI is InChI=1S/C12H10N2O4/c1-18-12(17)9-8(11(15)16)13-10(14-9)7-5-3-2-4-6-7/h2-6H,1H3,(H,13,14)(H,15,16). The minimum absolute atomic E-state index is 0.163. The van der Waals surface area contributed by atoms with Crippen LogP contribution in [0, 0.1) is 0 Å². The number of esters is 1. The summed E-state index contributed by atoms with van der Waals surface area (Å²) < 4.78 is 4.50. The lowest BCUT2D eigenvalue weighted by molar-refractivity contribution is 0.0576. The Kier molecular flexibility index (Phi) is 3.09. The van der Waals surface area contributed by atoms with E-state index in [0.29, 0.717) is 11.4 Å². The molecular formula is C12H10N2O4. The van der Waals surface area contributed by atoms with Gasteiger partial charge in [-0.25, -0.2) is 14.6 Å². The Hall–Kier alpha value is -2.63. The molecule has 0 aliphatic rings. The number of aromatic carboxylic acids is 1. The van der Waals surface area contributed by atoms with Crippen LogP contribution >= 0.6 is 0 Å². The average Bonchev–Trinajstić information content (AvgIpc) is 2.84. The van der Waals surface area contributed by atoms with Crippen molar-refractivity contribution in [2.75, 3.05) is 7.11 Å². The van der Waals surface area contributed by atoms with Crippen LogP contribution in [0.5, 0.6) is 0 Å². The van der Waals surface area contributed by atoms with E-state index in [1.807, 2.05) is 6.07 Å². The summed E-state index contributed by atoms with van der Waals surface area (Å²) in [4.78, 5) is 29.0. The first-order chi connectivity index (χ1) is 8.63. The van der Waals surface area contributed by atoms with E-state index >= 15 is 0 Å². The van der Waals surface area contributed by atoms with Gasteiger partial charge in [0.25, 0.3) is 0 Å². The van der Waals surface area contributed by atoms with Crippen molar-refractivity contribution < 1.29 is 19.4 Å². The summed E-state index contributed by atoms with van der Waals surface area (Å²) in [5.41, 5.74) is 0.180. The van der Waals surface area contributed by atoms with Crippen LogP contribution in [0.15, 0.2) is 30.3 Å². The Bertz CT molecular complexity index is 589. The van der Waals surface area contributed by atoms with E-state index in [0.717, 1.165) is 0 Å². The van der Waals surface area contributed by atoms with Crippen molar-refractivity contribution in [1.29, 1.82) is 0 Å². The number of carboxylic acids is 1. The molecule has 0 aliphatic heterocycles. The summed E-state index contributed by atoms with van der Waals surface area (Å²) in [5.74, 6) is -1.73. The van der Waals surface area contributed by atoms with Gasteiger partial charge < -0.3 is 14.8 Å². The van der Waals surface area contributed by atoms with Crippen molar-refractivity contribution in [2.24, 2.45) is 0 Å². The molecule has 0 radical (unpaired) electrons. The Morgan fingerprint density at radius 3 is 2.50 bits per heavy atom. The second-order valence-electron chi connectivity index (χ2n) is 3.47. The fraction of sp³-hybridized carbons (Fsp3) is 0.0833. The Labute approximate surface area is 102 Å². The highest BCUT2D eigenvalue weighted by molar-refractivity contribution is 6.00. The van der Waals surface area contributed by atoms with E-state index in [2.05, 4.69) is 14.7 Å². The van der Waals surface area contributed by atoms with Crippen LogP contribution in [0.2, 0.25) is 0 Å². The van der Waals surface area contributed by atoms with Gasteiger partial charge in [-0.05, 0) is 0 Å². The molecule has 1 aromatic carbocycles. The number of aromatic nitrogens is 2. The number of ether oxygens (including phenoxy) is 1. The minimum atomic E-state index is -1.28. The average molecular weight is 246 g/mol. The molecule has 1 heterocycles. The third-order valence-corrected chi connectivity index (χ3v) is 2.34. The fourth-order valence-corrected chi connectivity index (χ4v) is 1.51. The first-order valence-electron chi connectivity index (χ1n) is 5.10. The molecule has 0 atom stereocenters. The molecule has 2 rings (SSSR count). The van der Waals surface area contributed by atoms with E-state index < -0.39 is 11.9 Å². The predicted molar refractivity (Wildman–Crippen MR) is 62.3 cm³/mol. The van der Waals surface area contributed by atoms with Crippen molar-refractivity contribution >= 4 is 11.9 Å². The smallest absolute Gasteiger partial charge is 0.357 e. The predicted octanol–water partition coefficient (Wildman–Crippen LogP) is 1.56. The Morgan fingerprint density at radius 1 is 1.28 bits per heavy atom. The first-order valence-corrected chi connectivity index (χ1v) is 5.10. The molecule has 0 fully saturated rings. The molecule has 0 bridgehead atoms. The number of carbonyl (C=O) groups is 2. The van der Waals surface area contributed by atoms with Crippen LogP contribution in [0.1, 0.15) is 21.0 Å². The Balaban J connectivity index is 2.53. The lowest BCUT2D eigenvalue weighted by Gasteiger charge is -1.96. The van der Waals surface area contributed by atoms with E-state index in [4.69, 9.17) is 5.11 Å². The monoisotopic (exact) mass is 246 g/mol. The van der Waals surface area contributed by atoms with Gasteiger partial charge in [-0.15, -0.1) is 0 Å². The number of nitrogens with zero attached hydrogens (tertiary/aromatic N) is 1. The zero-order chi connectivity index (χ0) is 13.1. The number of nitrogens with one attached hydrogen (secondary N) is 1. The number of methoxy groups -OCH3 is 1. The number of carbonyl (C=O) groups excluding carboxylic acids is 1. The van der Waals surface area contributed by atoms with E-state index in [-0.39, 0.29) is 11.4 Å². The lowest BCUT2D eigenvalue weighted by atomic mass is 10.2. The molecule has 0 saturated carbocycles. The molecule has 18 heavy (non-hydrogen) atoms. The number of carboxylic acid groups (broad SMARTS) is 1. The van der Waals surface area contributed by atoms with Gasteiger partial charge in [-0.1, -0.05) is 30.3 Å². The summed E-state index contributed by atoms with van der Waals surface area (Å²) in [5, 5.41) is 8.98. The van der Waals surface area contributed by atoms with Gasteiger partial charge in [0.2, 0.25) is 0 Å². The van der Waals surface area contributed by atoms with Crippen molar-refractivity contribution in [3.8, 4) is 11.4 Å². The van der Waals surface area contributed by atoms with Gasteiger partial charge in [0.05, 0.1) is 7.11 Å². The number of H-pyrrole nitrogens is 1. The summed E-state index contributed by atoms with van der Waals surface area (Å²) in [6.07, 6.45) is 0. The number of hydrogen-bond acceptors (Lipinski definition) is 4. The highest BCUT2D eigenvalue weighted by atomic mass is 16.5. The summed E-state index contributed by atoms with van der Waals surface area (Å²) >= 11 is 0. The van der Waals surface area contributed by atoms with Gasteiger partial charge in [0, 0.05) is 5.56 Å². The molecule has 92 valence electrons. The third kappa shape index (κ3) is 2.08. The van der Waals surface area contributed by atoms with Crippen LogP contribution in [0.25, 0.3) is 11.4 Å². The zero-order valence-electron chi connectivity index (χ0n) is 9.51. The van der Waals surface area contributed by atoms with Crippen LogP contribution in [-0.2, 0) is 4.74 Å². The summed E-state index contributed by atoms with van der Waals surface area (Å²) in [6, 6.07) is 8.91. The highest BCUT2D eigenvalue weighted by Crippen LogP contribution is 2.18. The molecule has 6 nitrogen and oxygen atoms in total. The Morgan fingerprint density at radius 2 is 1.94 bits per heavy atom. The number of hydrogen-bond donors (Lipinski definition) is 2. The molecule has 0 saturated heterocycles. The van der Waals surface area contributed by atoms with Crippen molar-refractivity contribution in [3.05, 3.63) is 41.7 Å². The molecule has 0 aliphatic carbocycles. The van der Waals surface area contributed by atoms with Crippen LogP contribution in [0.3, 0.4) is 0 Å². The van der Waals surface area contributed by atoms with Gasteiger partial charge in [-0.2, -0.15) is 0 Å². The molecule has 0 unspecified atom stereocenters. The second-order valence-corrected chi connectivity index (χ2v) is 3.47. The van der Waals surface area contributed by atoms with Gasteiger partial charge in [-0.3, -0.25) is 0 Å². The maximum Gasteiger partial charge on any atom is 0.357 e. The number of aromatic amines is 1. The largest absolute Gasteiger partial charge is 0.476 e. The number of imidazole rings is 1. The van der Waals surface area contributed by atoms with Crippen LogP contribution in [-0.4, -0.2) is 34.1 Å². The quantitative estimate of drug-likeness (QED) is 0.802. The van der Waals surface area contributed by atoms with Crippen LogP contribution < -0.4 is 0 Å². The molecule has 1 aromatic heterocycles. The second kappa shape index (κ2) is 4.70. The van der Waals surface area contributed by atoms with Crippen molar-refractivity contribution in [3.63, 3.8) is 0 Å². The van der Waals surface area contributed by atoms with Gasteiger partial charge in [0.1, 0.15) is 5.82 Å². The molecular weight excluding hydrogens is 236 g/mol. The van der Waals surface area contributed by atoms with Gasteiger partial charge in [0.15, 0.2) is 11.4 Å². The summed E-state index contributed by atoms with van der Waals surface area (Å²) in [7, 11) is 1.18. The number of rotatable bonds is 3. The van der Waals surface area contributed by atoms with E-state index in [9.17, 15) is 9.59 Å². The maximum atomic E-state index is 11.4. The molecule has 6 heteroatoms. The van der Waals surface area contributed by atoms with Crippen molar-refractivity contribution in [1.82, 2.24) is 9.97 Å². The topological polar surface area (TPSA) is 92.3 Å². The van der Waals surface area contributed by atoms with E-state index in [1.165, 1.54) is 7.11 Å². The molecule has 2 aromatic rings. The fourth-order valence-electron chi connectivity index (χ4n) is 1.51. The molecule has 2 N–H and O–H groups in total. The minimum Gasteiger partial charge on any atom is -0.476 e. The highest BCUT2D eigenvalue weighted by Gasteiger charge is 2.23. The molecule has 0 spiro atoms. The lowest BCUT2D eigenvalue weighted by Crippen LogP contribution is -2.09. The first kappa shape index (κ1) is 11.8. The van der Waals surface area contributed by atoms with E-state index in [1.54, 1.807) is 24.3 Å². The normalized spacial score (nSPS) is 10.1. The van der Waals surface area contributed by atoms with Crippen molar-refractivity contribution in [2.45, 2.75) is 0 Å². The SMILES string of the molecule is COC(=O)c1[nH]c(-c2ccccc2)nc1C(=O)O.